The number of amides is 8. The maximum atomic E-state index is 16.8. The molecule has 5 aliphatic rings. The number of nitrogens with zero attached hydrogens (tertiary/aromatic N) is 10. The maximum Gasteiger partial charge on any atom is 0.412 e. The van der Waals surface area contributed by atoms with Crippen LogP contribution in [0.25, 0.3) is 22.3 Å². The minimum Gasteiger partial charge on any atom is -0.447 e. The molecule has 5 aromatic rings. The fourth-order valence-corrected chi connectivity index (χ4v) is 13.6. The molecule has 9 heterocycles. The number of carbonyl (C=O) groups excluding carboxylic acids is 7. The quantitative estimate of drug-likeness (QED) is 0.0399. The second kappa shape index (κ2) is 29.4. The van der Waals surface area contributed by atoms with Gasteiger partial charge in [-0.2, -0.15) is 0 Å². The van der Waals surface area contributed by atoms with E-state index < -0.39 is 155 Å². The first-order chi connectivity index (χ1) is 44.7. The molecule has 2 unspecified atom stereocenters. The fourth-order valence-electron chi connectivity index (χ4n) is 10.7. The number of carbonyl (C=O) groups is 7. The lowest BCUT2D eigenvalue weighted by Crippen LogP contribution is -2.54. The molecule has 14 atom stereocenters. The summed E-state index contributed by atoms with van der Waals surface area (Å²) in [5, 5.41) is 12.9. The highest BCUT2D eigenvalue weighted by Crippen LogP contribution is 2.55. The second-order valence-electron chi connectivity index (χ2n) is 22.3. The lowest BCUT2D eigenvalue weighted by Gasteiger charge is -2.29. The van der Waals surface area contributed by atoms with Crippen LogP contribution in [0.4, 0.5) is 44.9 Å². The Kier molecular flexibility index (Phi) is 21.5. The third-order valence-electron chi connectivity index (χ3n) is 15.4. The lowest BCUT2D eigenvalue weighted by molar-refractivity contribution is -0.132. The summed E-state index contributed by atoms with van der Waals surface area (Å²) < 4.78 is 95.7. The highest BCUT2D eigenvalue weighted by atomic mass is 32.5. The number of likely N-dealkylation sites (tertiary alicyclic amines) is 1. The maximum absolute atomic E-state index is 16.8. The molecule has 506 valence electrons. The number of halogens is 3. The van der Waals surface area contributed by atoms with Gasteiger partial charge in [-0.3, -0.25) is 47.6 Å². The van der Waals surface area contributed by atoms with Crippen molar-refractivity contribution in [2.45, 2.75) is 120 Å². The van der Waals surface area contributed by atoms with E-state index in [1.54, 1.807) is 13.8 Å². The number of aromatic nitrogens is 8. The Morgan fingerprint density at radius 2 is 1.44 bits per heavy atom. The third-order valence-corrected chi connectivity index (χ3v) is 18.5. The van der Waals surface area contributed by atoms with Crippen molar-refractivity contribution in [3.05, 3.63) is 79.6 Å². The molecule has 94 heavy (non-hydrogen) atoms. The molecule has 10 rings (SSSR count). The Balaban J connectivity index is 0.712. The van der Waals surface area contributed by atoms with Crippen LogP contribution in [-0.2, 0) is 86.4 Å². The number of alkyl halides is 3. The van der Waals surface area contributed by atoms with Gasteiger partial charge in [0.2, 0.25) is 17.7 Å². The first kappa shape index (κ1) is 68.9. The zero-order valence-electron chi connectivity index (χ0n) is 49.8. The van der Waals surface area contributed by atoms with E-state index in [4.69, 9.17) is 72.1 Å². The van der Waals surface area contributed by atoms with Gasteiger partial charge in [0.05, 0.1) is 38.5 Å². The number of primary amides is 1. The summed E-state index contributed by atoms with van der Waals surface area (Å²) in [5.74, 6) is -2.80. The molecule has 0 spiro atoms. The number of imidazole rings is 2. The van der Waals surface area contributed by atoms with E-state index in [1.807, 2.05) is 0 Å². The number of hydrogen-bond acceptors (Lipinski definition) is 24. The molecule has 41 heteroatoms. The summed E-state index contributed by atoms with van der Waals surface area (Å²) in [6.45, 7) is -4.29. The summed E-state index contributed by atoms with van der Waals surface area (Å²) >= 11 is 10.5. The summed E-state index contributed by atoms with van der Waals surface area (Å²) in [4.78, 5) is 140. The largest absolute Gasteiger partial charge is 0.447 e. The predicted octanol–water partition coefficient (Wildman–Crippen LogP) is 2.58. The standard InChI is InChI=1S/C53H64F3N17O17P2S2/c1-25(2)38(68-34(74)12-14-70-26(3)6-11-35(70)75)48(77)67-31(5-4-13-59-51(58)78)47(76)66-29-9-7-27(8-10-29)17-84-53(80)71-16-28(54)15-30(71)18-83-52(79)69-44-40-46(63-22-61-44)73(24-65-40)50-37(56)42-33(88-50)20-86-91(81,93)89-41-32(19-85-92(82,94)90-42)87-49(36(41)55)72-23-64-39-43(57)60-21-62-45(39)72/h6-11,21-25,28,30-33,36-38,41-42,49-50H,3-5,12-20H2,1-2H3,(H,66,76)(H,67,77)(H,68,74)(H,81,93)(H,82,94)(H2,57,60,62)(H3,58,59,78)(H,61,63,69,79)/t28-,30-,31-,32+,33+,36+,37+,38-,41+,42+,49+,50+,91?,92?/m0/s1. The SMILES string of the molecule is C=C1C=CC(=O)N1CCC(=O)N[C@H](C(=O)N[C@@H](CCCNC(N)=O)C(=O)Nc1ccc(COC(=O)N2C[C@@H](F)C[C@H]2COC(=O)Nc2ncnc3c2ncn3[C@@H]2O[C@@H]3COP(O)(=S)O[C@H]4[C@@H](F)[C@H](n5cnc6c(N)ncnc65)O[C@@H]4COP(O)(=S)O[C@H]3[C@H]2F)cc1)C(C)C. The van der Waals surface area contributed by atoms with Crippen molar-refractivity contribution in [3.63, 3.8) is 0 Å². The summed E-state index contributed by atoms with van der Waals surface area (Å²) in [6, 6.07) is 2.07. The van der Waals surface area contributed by atoms with Gasteiger partial charge in [-0.15, -0.1) is 0 Å². The van der Waals surface area contributed by atoms with Crippen LogP contribution in [0.5, 0.6) is 0 Å². The van der Waals surface area contributed by atoms with E-state index in [9.17, 15) is 47.7 Å². The average Bonchev–Trinajstić information content (AvgIpc) is 1.62. The third kappa shape index (κ3) is 16.2. The van der Waals surface area contributed by atoms with Crippen LogP contribution in [0.1, 0.15) is 57.6 Å². The van der Waals surface area contributed by atoms with Gasteiger partial charge in [-0.25, -0.2) is 57.5 Å². The smallest absolute Gasteiger partial charge is 0.412 e. The summed E-state index contributed by atoms with van der Waals surface area (Å²) in [5.41, 5.74) is 12.3. The molecule has 5 aliphatic heterocycles. The minimum atomic E-state index is -4.46. The van der Waals surface area contributed by atoms with Crippen LogP contribution in [0.3, 0.4) is 0 Å². The van der Waals surface area contributed by atoms with E-state index in [1.165, 1.54) is 52.2 Å². The van der Waals surface area contributed by atoms with Gasteiger partial charge in [0.15, 0.2) is 53.2 Å². The monoisotopic (exact) mass is 1390 g/mol. The van der Waals surface area contributed by atoms with Gasteiger partial charge in [0.25, 0.3) is 5.91 Å². The zero-order valence-corrected chi connectivity index (χ0v) is 53.2. The molecule has 4 saturated heterocycles. The zero-order chi connectivity index (χ0) is 67.3. The minimum absolute atomic E-state index is 0.00633. The number of hydrogen-bond donors (Lipinski definition) is 9. The number of urea groups is 1. The molecule has 11 N–H and O–H groups in total. The number of nitrogens with two attached hydrogens (primary N) is 2. The molecular weight excluding hydrogens is 1330 g/mol. The van der Waals surface area contributed by atoms with Crippen LogP contribution in [-0.4, -0.2) is 201 Å². The highest BCUT2D eigenvalue weighted by molar-refractivity contribution is 8.07. The highest BCUT2D eigenvalue weighted by Gasteiger charge is 2.54. The Bertz CT molecular complexity index is 3830. The Morgan fingerprint density at radius 1 is 0.819 bits per heavy atom. The van der Waals surface area contributed by atoms with Gasteiger partial charge < -0.3 is 75.4 Å². The number of nitrogens with one attached hydrogen (secondary N) is 5. The van der Waals surface area contributed by atoms with Gasteiger partial charge in [-0.05, 0) is 66.1 Å². The molecule has 1 aromatic carbocycles. The molecule has 0 saturated carbocycles. The van der Waals surface area contributed by atoms with Crippen molar-refractivity contribution in [1.29, 1.82) is 0 Å². The van der Waals surface area contributed by atoms with Crippen molar-refractivity contribution in [2.24, 2.45) is 11.7 Å². The molecule has 4 fully saturated rings. The summed E-state index contributed by atoms with van der Waals surface area (Å²) in [7, 11) is 0. The van der Waals surface area contributed by atoms with E-state index in [-0.39, 0.29) is 90.9 Å². The van der Waals surface area contributed by atoms with Gasteiger partial charge in [-0.1, -0.05) is 32.6 Å². The first-order valence-corrected chi connectivity index (χ1v) is 34.1. The number of benzene rings is 1. The average molecular weight is 1390 g/mol. The van der Waals surface area contributed by atoms with Crippen molar-refractivity contribution in [3.8, 4) is 0 Å². The van der Waals surface area contributed by atoms with Gasteiger partial charge in [0, 0.05) is 43.4 Å². The molecule has 0 aliphatic carbocycles. The first-order valence-electron chi connectivity index (χ1n) is 29.0. The van der Waals surface area contributed by atoms with E-state index in [2.05, 4.69) is 63.1 Å². The van der Waals surface area contributed by atoms with Crippen LogP contribution in [0, 0.1) is 5.92 Å². The lowest BCUT2D eigenvalue weighted by atomic mass is 10.0. The van der Waals surface area contributed by atoms with Crippen LogP contribution in [0.15, 0.2) is 74.0 Å². The molecule has 4 aromatic heterocycles. The Hall–Kier alpha value is -7.94. The van der Waals surface area contributed by atoms with Gasteiger partial charge in [0.1, 0.15) is 74.1 Å². The number of rotatable bonds is 20. The van der Waals surface area contributed by atoms with Crippen LogP contribution >= 0.6 is 13.4 Å². The second-order valence-corrected chi connectivity index (χ2v) is 27.8. The summed E-state index contributed by atoms with van der Waals surface area (Å²) in [6.07, 6.45) is -10.3. The van der Waals surface area contributed by atoms with E-state index in [0.717, 1.165) is 28.4 Å². The Morgan fingerprint density at radius 3 is 2.04 bits per heavy atom. The topological polar surface area (TPSA) is 440 Å². The number of nitrogen functional groups attached to an aromatic ring is 1. The molecule has 0 radical (unpaired) electrons. The normalized spacial score (nSPS) is 27.7. The van der Waals surface area contributed by atoms with Crippen LogP contribution < -0.4 is 38.1 Å². The van der Waals surface area contributed by atoms with E-state index >= 15 is 8.78 Å². The van der Waals surface area contributed by atoms with Crippen molar-refractivity contribution in [1.82, 2.24) is 64.8 Å². The molecule has 34 nitrogen and oxygen atoms in total. The number of fused-ring (bicyclic) bond motifs is 4. The predicted molar refractivity (Wildman–Crippen MR) is 328 cm³/mol. The number of ether oxygens (including phenoxy) is 4. The van der Waals surface area contributed by atoms with Crippen molar-refractivity contribution < 1.29 is 93.6 Å². The van der Waals surface area contributed by atoms with Crippen molar-refractivity contribution >= 4 is 119 Å². The molecule has 0 bridgehead atoms. The fraction of sp³-hybridized carbons (Fsp3) is 0.491. The van der Waals surface area contributed by atoms with Crippen LogP contribution in [0.2, 0.25) is 0 Å². The number of anilines is 3. The molecular formula is C53H64F3N17O17P2S2. The number of allylic oxidation sites excluding steroid dienone is 1. The van der Waals surface area contributed by atoms with E-state index in [0.29, 0.717) is 11.3 Å². The molecule has 8 amide bonds. The van der Waals surface area contributed by atoms with Gasteiger partial charge >= 0.3 is 31.7 Å². The Labute approximate surface area is 541 Å². The van der Waals surface area contributed by atoms with Crippen molar-refractivity contribution in [2.75, 3.05) is 55.8 Å².